The summed E-state index contributed by atoms with van der Waals surface area (Å²) in [7, 11) is 0. The van der Waals surface area contributed by atoms with E-state index >= 15 is 0 Å². The molecule has 82 valence electrons. The van der Waals surface area contributed by atoms with E-state index in [-0.39, 0.29) is 6.04 Å². The SMILES string of the molecule is CC(C)N(c1cccnn1)C(C)C(=O)O. The van der Waals surface area contributed by atoms with Crippen molar-refractivity contribution >= 4 is 11.8 Å². The number of hydrogen-bond acceptors (Lipinski definition) is 4. The van der Waals surface area contributed by atoms with Crippen LogP contribution in [0.1, 0.15) is 20.8 Å². The van der Waals surface area contributed by atoms with Gasteiger partial charge in [-0.05, 0) is 32.9 Å². The fraction of sp³-hybridized carbons (Fsp3) is 0.500. The lowest BCUT2D eigenvalue weighted by atomic mass is 10.2. The molecule has 1 aromatic rings. The van der Waals surface area contributed by atoms with Gasteiger partial charge in [0.1, 0.15) is 6.04 Å². The summed E-state index contributed by atoms with van der Waals surface area (Å²) in [4.78, 5) is 12.6. The molecule has 15 heavy (non-hydrogen) atoms. The molecule has 0 spiro atoms. The second kappa shape index (κ2) is 4.72. The molecule has 0 saturated carbocycles. The number of carboxylic acid groups (broad SMARTS) is 1. The van der Waals surface area contributed by atoms with Crippen LogP contribution in [0.4, 0.5) is 5.82 Å². The maximum atomic E-state index is 10.9. The van der Waals surface area contributed by atoms with Crippen molar-refractivity contribution in [2.45, 2.75) is 32.9 Å². The van der Waals surface area contributed by atoms with Crippen molar-refractivity contribution < 1.29 is 9.90 Å². The Morgan fingerprint density at radius 3 is 2.53 bits per heavy atom. The van der Waals surface area contributed by atoms with Gasteiger partial charge in [0.15, 0.2) is 5.82 Å². The van der Waals surface area contributed by atoms with Gasteiger partial charge in [0.05, 0.1) is 0 Å². The first kappa shape index (κ1) is 11.4. The molecule has 5 nitrogen and oxygen atoms in total. The molecule has 0 aromatic carbocycles. The first-order chi connectivity index (χ1) is 7.04. The van der Waals surface area contributed by atoms with Crippen LogP contribution in [0, 0.1) is 0 Å². The van der Waals surface area contributed by atoms with Crippen LogP contribution in [0.3, 0.4) is 0 Å². The molecule has 0 aliphatic rings. The van der Waals surface area contributed by atoms with Crippen molar-refractivity contribution in [2.24, 2.45) is 0 Å². The summed E-state index contributed by atoms with van der Waals surface area (Å²) in [5.41, 5.74) is 0. The minimum atomic E-state index is -0.866. The van der Waals surface area contributed by atoms with Crippen LogP contribution in [0.2, 0.25) is 0 Å². The molecule has 0 aliphatic carbocycles. The fourth-order valence-electron chi connectivity index (χ4n) is 1.46. The summed E-state index contributed by atoms with van der Waals surface area (Å²) < 4.78 is 0. The Balaban J connectivity index is 2.99. The van der Waals surface area contributed by atoms with Gasteiger partial charge in [-0.15, -0.1) is 5.10 Å². The standard InChI is InChI=1S/C10H15N3O2/c1-7(2)13(8(3)10(14)15)9-5-4-6-11-12-9/h4-8H,1-3H3,(H,14,15). The van der Waals surface area contributed by atoms with Gasteiger partial charge in [-0.1, -0.05) is 0 Å². The lowest BCUT2D eigenvalue weighted by molar-refractivity contribution is -0.138. The third-order valence-electron chi connectivity index (χ3n) is 2.15. The molecular weight excluding hydrogens is 194 g/mol. The third-order valence-corrected chi connectivity index (χ3v) is 2.15. The van der Waals surface area contributed by atoms with Gasteiger partial charge >= 0.3 is 5.97 Å². The Morgan fingerprint density at radius 1 is 1.47 bits per heavy atom. The van der Waals surface area contributed by atoms with E-state index in [1.165, 1.54) is 0 Å². The number of aliphatic carboxylic acids is 1. The largest absolute Gasteiger partial charge is 0.480 e. The van der Waals surface area contributed by atoms with Crippen LogP contribution >= 0.6 is 0 Å². The maximum absolute atomic E-state index is 10.9. The minimum absolute atomic E-state index is 0.0628. The highest BCUT2D eigenvalue weighted by atomic mass is 16.4. The second-order valence-electron chi connectivity index (χ2n) is 3.60. The van der Waals surface area contributed by atoms with Gasteiger partial charge in [-0.3, -0.25) is 0 Å². The molecule has 1 atom stereocenters. The van der Waals surface area contributed by atoms with Crippen molar-refractivity contribution in [1.82, 2.24) is 10.2 Å². The van der Waals surface area contributed by atoms with Crippen molar-refractivity contribution in [3.63, 3.8) is 0 Å². The normalized spacial score (nSPS) is 12.5. The van der Waals surface area contributed by atoms with Gasteiger partial charge in [0.25, 0.3) is 0 Å². The predicted molar refractivity (Wildman–Crippen MR) is 56.7 cm³/mol. The zero-order valence-corrected chi connectivity index (χ0v) is 9.08. The van der Waals surface area contributed by atoms with Crippen molar-refractivity contribution in [3.05, 3.63) is 18.3 Å². The molecule has 1 N–H and O–H groups in total. The molecule has 0 saturated heterocycles. The summed E-state index contributed by atoms with van der Waals surface area (Å²) in [5, 5.41) is 16.6. The highest BCUT2D eigenvalue weighted by molar-refractivity contribution is 5.77. The first-order valence-corrected chi connectivity index (χ1v) is 4.83. The number of aromatic nitrogens is 2. The van der Waals surface area contributed by atoms with E-state index in [4.69, 9.17) is 5.11 Å². The van der Waals surface area contributed by atoms with Crippen molar-refractivity contribution in [3.8, 4) is 0 Å². The smallest absolute Gasteiger partial charge is 0.326 e. The average molecular weight is 209 g/mol. The highest BCUT2D eigenvalue weighted by Crippen LogP contribution is 2.15. The van der Waals surface area contributed by atoms with E-state index in [2.05, 4.69) is 10.2 Å². The van der Waals surface area contributed by atoms with Gasteiger partial charge in [-0.2, -0.15) is 5.10 Å². The predicted octanol–water partition coefficient (Wildman–Crippen LogP) is 1.16. The molecule has 0 amide bonds. The zero-order chi connectivity index (χ0) is 11.4. The minimum Gasteiger partial charge on any atom is -0.480 e. The molecule has 0 aliphatic heterocycles. The molecule has 0 bridgehead atoms. The number of carbonyl (C=O) groups is 1. The second-order valence-corrected chi connectivity index (χ2v) is 3.60. The topological polar surface area (TPSA) is 66.3 Å². The maximum Gasteiger partial charge on any atom is 0.326 e. The Bertz CT molecular complexity index is 327. The van der Waals surface area contributed by atoms with Crippen LogP contribution < -0.4 is 4.90 Å². The van der Waals surface area contributed by atoms with Crippen LogP contribution in [0.5, 0.6) is 0 Å². The number of rotatable bonds is 4. The molecular formula is C10H15N3O2. The van der Waals surface area contributed by atoms with Gasteiger partial charge < -0.3 is 10.0 Å². The molecule has 1 unspecified atom stereocenters. The van der Waals surface area contributed by atoms with E-state index in [1.54, 1.807) is 30.2 Å². The number of anilines is 1. The van der Waals surface area contributed by atoms with Crippen LogP contribution in [-0.2, 0) is 4.79 Å². The fourth-order valence-corrected chi connectivity index (χ4v) is 1.46. The van der Waals surface area contributed by atoms with Crippen LogP contribution in [-0.4, -0.2) is 33.4 Å². The molecule has 1 aromatic heterocycles. The lowest BCUT2D eigenvalue weighted by Gasteiger charge is -2.30. The summed E-state index contributed by atoms with van der Waals surface area (Å²) in [6, 6.07) is 2.95. The van der Waals surface area contributed by atoms with Crippen molar-refractivity contribution in [2.75, 3.05) is 4.90 Å². The van der Waals surface area contributed by atoms with Gasteiger partial charge in [0, 0.05) is 12.2 Å². The molecule has 0 fully saturated rings. The van der Waals surface area contributed by atoms with Crippen molar-refractivity contribution in [1.29, 1.82) is 0 Å². The number of nitrogens with zero attached hydrogens (tertiary/aromatic N) is 3. The highest BCUT2D eigenvalue weighted by Gasteiger charge is 2.24. The van der Waals surface area contributed by atoms with Crippen LogP contribution in [0.15, 0.2) is 18.3 Å². The molecule has 1 rings (SSSR count). The Kier molecular flexibility index (Phi) is 3.60. The van der Waals surface area contributed by atoms with Gasteiger partial charge in [0.2, 0.25) is 0 Å². The average Bonchev–Trinajstić information content (AvgIpc) is 2.18. The number of hydrogen-bond donors (Lipinski definition) is 1. The third kappa shape index (κ3) is 2.65. The van der Waals surface area contributed by atoms with E-state index in [9.17, 15) is 4.79 Å². The molecule has 1 heterocycles. The van der Waals surface area contributed by atoms with Crippen LogP contribution in [0.25, 0.3) is 0 Å². The Labute approximate surface area is 88.7 Å². The first-order valence-electron chi connectivity index (χ1n) is 4.83. The summed E-state index contributed by atoms with van der Waals surface area (Å²) in [6.45, 7) is 5.49. The lowest BCUT2D eigenvalue weighted by Crippen LogP contribution is -2.44. The quantitative estimate of drug-likeness (QED) is 0.806. The molecule has 0 radical (unpaired) electrons. The summed E-state index contributed by atoms with van der Waals surface area (Å²) in [5.74, 6) is -0.281. The summed E-state index contributed by atoms with van der Waals surface area (Å²) >= 11 is 0. The van der Waals surface area contributed by atoms with Gasteiger partial charge in [-0.25, -0.2) is 4.79 Å². The van der Waals surface area contributed by atoms with E-state index < -0.39 is 12.0 Å². The van der Waals surface area contributed by atoms with E-state index in [0.29, 0.717) is 5.82 Å². The Morgan fingerprint density at radius 2 is 2.13 bits per heavy atom. The zero-order valence-electron chi connectivity index (χ0n) is 9.08. The number of carboxylic acids is 1. The monoisotopic (exact) mass is 209 g/mol. The summed E-state index contributed by atoms with van der Waals surface area (Å²) in [6.07, 6.45) is 1.56. The molecule has 5 heteroatoms. The van der Waals surface area contributed by atoms with E-state index in [0.717, 1.165) is 0 Å². The van der Waals surface area contributed by atoms with E-state index in [1.807, 2.05) is 13.8 Å². The Hall–Kier alpha value is -1.65.